The summed E-state index contributed by atoms with van der Waals surface area (Å²) in [6.45, 7) is 1.96. The molecule has 0 heterocycles. The molecule has 2 atom stereocenters. The molecule has 3 rings (SSSR count). The number of carbonyl (C=O) groups excluding carboxylic acids is 1. The maximum atomic E-state index is 13.3. The lowest BCUT2D eigenvalue weighted by Crippen LogP contribution is -2.33. The first-order valence-corrected chi connectivity index (χ1v) is 10.3. The molecule has 2 unspecified atom stereocenters. The molecule has 2 aliphatic carbocycles. The number of carbonyl (C=O) groups is 1. The van der Waals surface area contributed by atoms with E-state index in [2.05, 4.69) is 0 Å². The average molecular weight is 369 g/mol. The van der Waals surface area contributed by atoms with Gasteiger partial charge in [0.15, 0.2) is 9.84 Å². The van der Waals surface area contributed by atoms with Crippen LogP contribution in [0.2, 0.25) is 5.02 Å². The third kappa shape index (κ3) is 3.00. The topological polar surface area (TPSA) is 60.4 Å². The van der Waals surface area contributed by atoms with Crippen LogP contribution in [0.5, 0.6) is 0 Å². The number of fused-ring (bicyclic) bond motifs is 1. The van der Waals surface area contributed by atoms with Gasteiger partial charge in [-0.05, 0) is 56.2 Å². The highest BCUT2D eigenvalue weighted by atomic mass is 35.5. The molecule has 0 bridgehead atoms. The first kappa shape index (κ1) is 17.5. The maximum Gasteiger partial charge on any atom is 0.335 e. The van der Waals surface area contributed by atoms with Crippen molar-refractivity contribution in [3.8, 4) is 0 Å². The first-order valence-electron chi connectivity index (χ1n) is 8.34. The molecule has 0 aliphatic heterocycles. The van der Waals surface area contributed by atoms with Crippen LogP contribution < -0.4 is 0 Å². The van der Waals surface area contributed by atoms with Crippen LogP contribution in [-0.2, 0) is 25.8 Å². The number of hydrogen-bond acceptors (Lipinski definition) is 4. The lowest BCUT2D eigenvalue weighted by molar-refractivity contribution is -0.138. The fourth-order valence-corrected chi connectivity index (χ4v) is 6.62. The summed E-state index contributed by atoms with van der Waals surface area (Å²) in [6.07, 6.45) is 4.88. The van der Waals surface area contributed by atoms with Crippen molar-refractivity contribution in [1.82, 2.24) is 0 Å². The molecule has 0 saturated carbocycles. The summed E-state index contributed by atoms with van der Waals surface area (Å²) in [5.41, 5.74) is 2.00. The molecule has 0 N–H and O–H groups in total. The van der Waals surface area contributed by atoms with Gasteiger partial charge in [0.1, 0.15) is 0 Å². The molecule has 6 heteroatoms. The maximum absolute atomic E-state index is 13.3. The van der Waals surface area contributed by atoms with Crippen LogP contribution >= 0.6 is 11.6 Å². The summed E-state index contributed by atoms with van der Waals surface area (Å²) in [6, 6.07) is 5.51. The zero-order chi connectivity index (χ0) is 17.3. The zero-order valence-corrected chi connectivity index (χ0v) is 15.2. The summed E-state index contributed by atoms with van der Waals surface area (Å²) in [4.78, 5) is 12.2. The number of benzene rings is 1. The van der Waals surface area contributed by atoms with Crippen LogP contribution in [0, 0.1) is 0 Å². The van der Waals surface area contributed by atoms with Gasteiger partial charge in [-0.1, -0.05) is 29.8 Å². The van der Waals surface area contributed by atoms with E-state index in [-0.39, 0.29) is 6.61 Å². The molecule has 1 aromatic rings. The summed E-state index contributed by atoms with van der Waals surface area (Å²) >= 11 is 6.29. The van der Waals surface area contributed by atoms with Gasteiger partial charge in [0.2, 0.25) is 0 Å². The minimum Gasteiger partial charge on any atom is -0.463 e. The average Bonchev–Trinajstić information content (AvgIpc) is 3.01. The number of hydrogen-bond donors (Lipinski definition) is 0. The number of allylic oxidation sites excluding steroid dienone is 1. The summed E-state index contributed by atoms with van der Waals surface area (Å²) in [7, 11) is -3.56. The van der Waals surface area contributed by atoms with Gasteiger partial charge >= 0.3 is 5.97 Å². The van der Waals surface area contributed by atoms with Gasteiger partial charge in [-0.25, -0.2) is 13.2 Å². The molecule has 0 saturated heterocycles. The van der Waals surface area contributed by atoms with Crippen LogP contribution in [0.1, 0.15) is 49.0 Å². The number of aryl methyl sites for hydroxylation is 1. The van der Waals surface area contributed by atoms with Gasteiger partial charge in [-0.15, -0.1) is 0 Å². The number of esters is 1. The van der Waals surface area contributed by atoms with Crippen molar-refractivity contribution < 1.29 is 17.9 Å². The van der Waals surface area contributed by atoms with E-state index in [0.717, 1.165) is 12.0 Å². The predicted molar refractivity (Wildman–Crippen MR) is 93.8 cm³/mol. The molecule has 0 aromatic heterocycles. The Morgan fingerprint density at radius 3 is 2.83 bits per heavy atom. The van der Waals surface area contributed by atoms with Crippen molar-refractivity contribution in [2.75, 3.05) is 6.61 Å². The normalized spacial score (nSPS) is 23.5. The molecule has 0 radical (unpaired) electrons. The molecular weight excluding hydrogens is 348 g/mol. The predicted octanol–water partition coefficient (Wildman–Crippen LogP) is 3.78. The Balaban J connectivity index is 1.98. The van der Waals surface area contributed by atoms with E-state index in [1.807, 2.05) is 12.1 Å². The number of ether oxygens (including phenoxy) is 1. The molecule has 130 valence electrons. The van der Waals surface area contributed by atoms with Crippen molar-refractivity contribution in [2.24, 2.45) is 0 Å². The smallest absolute Gasteiger partial charge is 0.335 e. The number of halogens is 1. The van der Waals surface area contributed by atoms with E-state index >= 15 is 0 Å². The minimum atomic E-state index is -3.56. The number of rotatable bonds is 4. The Kier molecular flexibility index (Phi) is 5.02. The van der Waals surface area contributed by atoms with Crippen LogP contribution in [0.3, 0.4) is 0 Å². The summed E-state index contributed by atoms with van der Waals surface area (Å²) in [5.74, 6) is -0.511. The Bertz CT molecular complexity index is 782. The largest absolute Gasteiger partial charge is 0.463 e. The van der Waals surface area contributed by atoms with Crippen molar-refractivity contribution in [2.45, 2.75) is 49.5 Å². The van der Waals surface area contributed by atoms with Crippen LogP contribution in [-0.4, -0.2) is 26.2 Å². The molecule has 1 aromatic carbocycles. The fraction of sp³-hybridized carbons (Fsp3) is 0.500. The molecule has 0 amide bonds. The SMILES string of the molecule is CCOC(=O)C1=CCCCC1S(=O)(=O)C1CCc2cccc(Cl)c21. The van der Waals surface area contributed by atoms with Crippen LogP contribution in [0.4, 0.5) is 0 Å². The second-order valence-electron chi connectivity index (χ2n) is 6.23. The van der Waals surface area contributed by atoms with Crippen LogP contribution in [0.15, 0.2) is 29.8 Å². The molecule has 0 fully saturated rings. The molecule has 2 aliphatic rings. The van der Waals surface area contributed by atoms with Gasteiger partial charge < -0.3 is 4.74 Å². The van der Waals surface area contributed by atoms with Gasteiger partial charge in [0, 0.05) is 5.02 Å². The van der Waals surface area contributed by atoms with E-state index in [4.69, 9.17) is 16.3 Å². The van der Waals surface area contributed by atoms with Crippen molar-refractivity contribution in [3.05, 3.63) is 46.0 Å². The lowest BCUT2D eigenvalue weighted by atomic mass is 9.99. The van der Waals surface area contributed by atoms with E-state index in [1.165, 1.54) is 0 Å². The highest BCUT2D eigenvalue weighted by Gasteiger charge is 2.43. The van der Waals surface area contributed by atoms with Gasteiger partial charge in [0.05, 0.1) is 22.7 Å². The Morgan fingerprint density at radius 1 is 1.29 bits per heavy atom. The Hall–Kier alpha value is -1.33. The Morgan fingerprint density at radius 2 is 2.08 bits per heavy atom. The Labute approximate surface area is 147 Å². The third-order valence-electron chi connectivity index (χ3n) is 4.83. The fourth-order valence-electron chi connectivity index (χ4n) is 3.74. The van der Waals surface area contributed by atoms with Crippen molar-refractivity contribution in [1.29, 1.82) is 0 Å². The van der Waals surface area contributed by atoms with Gasteiger partial charge in [-0.3, -0.25) is 0 Å². The van der Waals surface area contributed by atoms with E-state index < -0.39 is 26.3 Å². The zero-order valence-electron chi connectivity index (χ0n) is 13.6. The standard InChI is InChI=1S/C18H21ClO4S/c1-2-23-18(20)13-7-3-4-9-15(13)24(21,22)16-11-10-12-6-5-8-14(19)17(12)16/h5-8,15-16H,2-4,9-11H2,1H3. The van der Waals surface area contributed by atoms with Crippen LogP contribution in [0.25, 0.3) is 0 Å². The molecule has 4 nitrogen and oxygen atoms in total. The molecular formula is C18H21ClO4S. The molecule has 0 spiro atoms. The summed E-state index contributed by atoms with van der Waals surface area (Å²) < 4.78 is 31.7. The highest BCUT2D eigenvalue weighted by molar-refractivity contribution is 7.92. The highest BCUT2D eigenvalue weighted by Crippen LogP contribution is 2.45. The first-order chi connectivity index (χ1) is 11.5. The van der Waals surface area contributed by atoms with E-state index in [1.54, 1.807) is 19.1 Å². The van der Waals surface area contributed by atoms with E-state index in [9.17, 15) is 13.2 Å². The molecule has 24 heavy (non-hydrogen) atoms. The van der Waals surface area contributed by atoms with E-state index in [0.29, 0.717) is 41.8 Å². The lowest BCUT2D eigenvalue weighted by Gasteiger charge is -2.26. The third-order valence-corrected chi connectivity index (χ3v) is 7.70. The second kappa shape index (κ2) is 6.89. The summed E-state index contributed by atoms with van der Waals surface area (Å²) in [5, 5.41) is -0.935. The van der Waals surface area contributed by atoms with Crippen molar-refractivity contribution in [3.63, 3.8) is 0 Å². The quantitative estimate of drug-likeness (QED) is 0.759. The monoisotopic (exact) mass is 368 g/mol. The second-order valence-corrected chi connectivity index (χ2v) is 8.95. The minimum absolute atomic E-state index is 0.237. The van der Waals surface area contributed by atoms with Crippen molar-refractivity contribution >= 4 is 27.4 Å². The van der Waals surface area contributed by atoms with Gasteiger partial charge in [-0.2, -0.15) is 0 Å². The van der Waals surface area contributed by atoms with Gasteiger partial charge in [0.25, 0.3) is 0 Å². The number of sulfone groups is 1.